The van der Waals surface area contributed by atoms with Crippen LogP contribution in [0.15, 0.2) is 0 Å². The van der Waals surface area contributed by atoms with E-state index >= 15 is 0 Å². The van der Waals surface area contributed by atoms with Gasteiger partial charge in [-0.05, 0) is 25.7 Å². The first-order chi connectivity index (χ1) is 34.0. The van der Waals surface area contributed by atoms with Crippen LogP contribution in [0.2, 0.25) is 0 Å². The maximum Gasteiger partial charge on any atom is 0.305 e. The Balaban J connectivity index is 3.40. The van der Waals surface area contributed by atoms with Crippen LogP contribution in [-0.2, 0) is 14.3 Å². The van der Waals surface area contributed by atoms with Gasteiger partial charge in [-0.25, -0.2) is 0 Å². The molecule has 3 N–H and O–H groups in total. The zero-order valence-electron chi connectivity index (χ0n) is 47.1. The second kappa shape index (κ2) is 59.4. The number of unbranched alkanes of at least 4 members (excludes halogenated alkanes) is 49. The average molecular weight is 977 g/mol. The molecule has 2 unspecified atom stereocenters. The molecular weight excluding hydrogens is 851 g/mol. The standard InChI is InChI=1S/C63H125NO5/c1-3-5-7-9-11-13-15-16-17-18-19-20-21-22-23-24-26-29-32-36-39-43-47-51-55-61(66)60(59-65)64-62(67)56-52-48-44-40-37-33-30-27-25-28-31-34-38-42-46-50-54-58-69-63(68)57-53-49-45-41-35-14-12-10-8-6-4-2/h60-61,65-66H,3-59H2,1-2H3,(H,64,67). The van der Waals surface area contributed by atoms with E-state index in [2.05, 4.69) is 19.2 Å². The Labute approximate surface area is 432 Å². The molecule has 412 valence electrons. The summed E-state index contributed by atoms with van der Waals surface area (Å²) >= 11 is 0. The minimum atomic E-state index is -0.668. The van der Waals surface area contributed by atoms with E-state index < -0.39 is 12.1 Å². The van der Waals surface area contributed by atoms with Gasteiger partial charge in [0.25, 0.3) is 0 Å². The Bertz CT molecular complexity index is 990. The molecule has 0 fully saturated rings. The van der Waals surface area contributed by atoms with E-state index in [1.54, 1.807) is 0 Å². The number of esters is 1. The van der Waals surface area contributed by atoms with E-state index in [9.17, 15) is 19.8 Å². The predicted molar refractivity (Wildman–Crippen MR) is 301 cm³/mol. The summed E-state index contributed by atoms with van der Waals surface area (Å²) in [6.45, 7) is 4.98. The van der Waals surface area contributed by atoms with Crippen molar-refractivity contribution in [3.05, 3.63) is 0 Å². The van der Waals surface area contributed by atoms with Crippen LogP contribution >= 0.6 is 0 Å². The van der Waals surface area contributed by atoms with Crippen molar-refractivity contribution in [2.75, 3.05) is 13.2 Å². The van der Waals surface area contributed by atoms with Crippen LogP contribution in [0.5, 0.6) is 0 Å². The summed E-state index contributed by atoms with van der Waals surface area (Å²) in [6.07, 6.45) is 69.7. The van der Waals surface area contributed by atoms with E-state index in [1.807, 2.05) is 0 Å². The van der Waals surface area contributed by atoms with Gasteiger partial charge in [0.2, 0.25) is 5.91 Å². The minimum absolute atomic E-state index is 0.00653. The second-order valence-electron chi connectivity index (χ2n) is 22.1. The van der Waals surface area contributed by atoms with Gasteiger partial charge >= 0.3 is 5.97 Å². The summed E-state index contributed by atoms with van der Waals surface area (Å²) in [7, 11) is 0. The summed E-state index contributed by atoms with van der Waals surface area (Å²) in [5.41, 5.74) is 0. The smallest absolute Gasteiger partial charge is 0.305 e. The first-order valence-electron chi connectivity index (χ1n) is 31.8. The highest BCUT2D eigenvalue weighted by atomic mass is 16.5. The van der Waals surface area contributed by atoms with Crippen LogP contribution in [0.3, 0.4) is 0 Å². The predicted octanol–water partition coefficient (Wildman–Crippen LogP) is 19.9. The number of aliphatic hydroxyl groups excluding tert-OH is 2. The van der Waals surface area contributed by atoms with Crippen molar-refractivity contribution >= 4 is 11.9 Å². The molecular formula is C63H125NO5. The van der Waals surface area contributed by atoms with Gasteiger partial charge in [0.15, 0.2) is 0 Å². The van der Waals surface area contributed by atoms with Crippen LogP contribution < -0.4 is 5.32 Å². The number of ether oxygens (including phenoxy) is 1. The monoisotopic (exact) mass is 976 g/mol. The lowest BCUT2D eigenvalue weighted by Crippen LogP contribution is -2.45. The van der Waals surface area contributed by atoms with Gasteiger partial charge in [-0.3, -0.25) is 9.59 Å². The Morgan fingerprint density at radius 3 is 0.884 bits per heavy atom. The number of hydrogen-bond acceptors (Lipinski definition) is 5. The van der Waals surface area contributed by atoms with Gasteiger partial charge in [-0.1, -0.05) is 328 Å². The summed E-state index contributed by atoms with van der Waals surface area (Å²) in [6, 6.07) is -0.545. The van der Waals surface area contributed by atoms with Crippen molar-refractivity contribution in [2.45, 2.75) is 379 Å². The second-order valence-corrected chi connectivity index (χ2v) is 22.1. The van der Waals surface area contributed by atoms with Crippen molar-refractivity contribution in [3.63, 3.8) is 0 Å². The summed E-state index contributed by atoms with van der Waals surface area (Å²) < 4.78 is 5.46. The van der Waals surface area contributed by atoms with Crippen LogP contribution in [-0.4, -0.2) is 47.4 Å². The molecule has 2 atom stereocenters. The van der Waals surface area contributed by atoms with Gasteiger partial charge < -0.3 is 20.3 Å². The largest absolute Gasteiger partial charge is 0.466 e. The molecule has 6 heteroatoms. The van der Waals surface area contributed by atoms with Gasteiger partial charge in [-0.15, -0.1) is 0 Å². The van der Waals surface area contributed by atoms with Crippen LogP contribution in [0.25, 0.3) is 0 Å². The molecule has 1 amide bonds. The topological polar surface area (TPSA) is 95.9 Å². The summed E-state index contributed by atoms with van der Waals surface area (Å²) in [5, 5.41) is 23.4. The average Bonchev–Trinajstić information content (AvgIpc) is 3.35. The first kappa shape index (κ1) is 67.9. The molecule has 0 bridgehead atoms. The molecule has 0 saturated heterocycles. The third-order valence-electron chi connectivity index (χ3n) is 15.2. The lowest BCUT2D eigenvalue weighted by atomic mass is 10.0. The molecule has 0 aromatic rings. The zero-order valence-corrected chi connectivity index (χ0v) is 47.1. The quantitative estimate of drug-likeness (QED) is 0.0417. The molecule has 0 rings (SSSR count). The summed E-state index contributed by atoms with van der Waals surface area (Å²) in [5.74, 6) is -0.0286. The lowest BCUT2D eigenvalue weighted by Gasteiger charge is -2.22. The Hall–Kier alpha value is -1.14. The molecule has 0 aromatic carbocycles. The molecule has 0 aliphatic rings. The fraction of sp³-hybridized carbons (Fsp3) is 0.968. The van der Waals surface area contributed by atoms with Gasteiger partial charge in [-0.2, -0.15) is 0 Å². The molecule has 0 radical (unpaired) electrons. The fourth-order valence-corrected chi connectivity index (χ4v) is 10.3. The fourth-order valence-electron chi connectivity index (χ4n) is 10.3. The van der Waals surface area contributed by atoms with Crippen molar-refractivity contribution in [1.29, 1.82) is 0 Å². The minimum Gasteiger partial charge on any atom is -0.466 e. The Morgan fingerprint density at radius 2 is 0.594 bits per heavy atom. The number of aliphatic hydroxyl groups is 2. The van der Waals surface area contributed by atoms with Crippen molar-refractivity contribution in [1.82, 2.24) is 5.32 Å². The Morgan fingerprint density at radius 1 is 0.348 bits per heavy atom. The molecule has 6 nitrogen and oxygen atoms in total. The number of carbonyl (C=O) groups excluding carboxylic acids is 2. The first-order valence-corrected chi connectivity index (χ1v) is 31.8. The number of nitrogens with one attached hydrogen (secondary N) is 1. The number of hydrogen-bond donors (Lipinski definition) is 3. The van der Waals surface area contributed by atoms with E-state index in [-0.39, 0.29) is 18.5 Å². The Kier molecular flexibility index (Phi) is 58.4. The van der Waals surface area contributed by atoms with Crippen molar-refractivity contribution in [2.24, 2.45) is 0 Å². The molecule has 69 heavy (non-hydrogen) atoms. The molecule has 0 heterocycles. The van der Waals surface area contributed by atoms with E-state index in [0.717, 1.165) is 38.5 Å². The highest BCUT2D eigenvalue weighted by Crippen LogP contribution is 2.19. The molecule has 0 saturated carbocycles. The number of rotatable bonds is 60. The molecule has 0 aliphatic heterocycles. The van der Waals surface area contributed by atoms with E-state index in [0.29, 0.717) is 25.9 Å². The normalized spacial score (nSPS) is 12.5. The third kappa shape index (κ3) is 56.0. The van der Waals surface area contributed by atoms with Crippen molar-refractivity contribution < 1.29 is 24.5 Å². The van der Waals surface area contributed by atoms with E-state index in [4.69, 9.17) is 4.74 Å². The lowest BCUT2D eigenvalue weighted by molar-refractivity contribution is -0.143. The van der Waals surface area contributed by atoms with E-state index in [1.165, 1.54) is 295 Å². The van der Waals surface area contributed by atoms with Gasteiger partial charge in [0.05, 0.1) is 25.4 Å². The molecule has 0 spiro atoms. The number of amides is 1. The highest BCUT2D eigenvalue weighted by molar-refractivity contribution is 5.76. The zero-order chi connectivity index (χ0) is 50.0. The van der Waals surface area contributed by atoms with Crippen LogP contribution in [0, 0.1) is 0 Å². The number of carbonyl (C=O) groups is 2. The maximum atomic E-state index is 12.5. The molecule has 0 aliphatic carbocycles. The van der Waals surface area contributed by atoms with Crippen molar-refractivity contribution in [3.8, 4) is 0 Å². The maximum absolute atomic E-state index is 12.5. The third-order valence-corrected chi connectivity index (χ3v) is 15.2. The summed E-state index contributed by atoms with van der Waals surface area (Å²) in [4.78, 5) is 24.5. The van der Waals surface area contributed by atoms with Crippen LogP contribution in [0.1, 0.15) is 367 Å². The highest BCUT2D eigenvalue weighted by Gasteiger charge is 2.20. The molecule has 0 aromatic heterocycles. The van der Waals surface area contributed by atoms with Gasteiger partial charge in [0, 0.05) is 12.8 Å². The SMILES string of the molecule is CCCCCCCCCCCCCCCCCCCCCCCCCCC(O)C(CO)NC(=O)CCCCCCCCCCCCCCCCCCCOC(=O)CCCCCCCCCCCCC. The van der Waals surface area contributed by atoms with Gasteiger partial charge in [0.1, 0.15) is 0 Å². The van der Waals surface area contributed by atoms with Crippen LogP contribution in [0.4, 0.5) is 0 Å².